The quantitative estimate of drug-likeness (QED) is 0.181. The molecule has 2 N–H and O–H groups in total. The molecule has 0 aliphatic heterocycles. The fourth-order valence-electron chi connectivity index (χ4n) is 5.10. The molecule has 2 amide bonds. The van der Waals surface area contributed by atoms with Crippen molar-refractivity contribution in [2.45, 2.75) is 65.5 Å². The summed E-state index contributed by atoms with van der Waals surface area (Å²) in [4.78, 5) is 24.8. The summed E-state index contributed by atoms with van der Waals surface area (Å²) < 4.78 is 23.9. The summed E-state index contributed by atoms with van der Waals surface area (Å²) in [5, 5.41) is 5.35. The van der Waals surface area contributed by atoms with Crippen LogP contribution >= 0.6 is 11.3 Å². The van der Waals surface area contributed by atoms with Crippen molar-refractivity contribution in [1.29, 1.82) is 0 Å². The van der Waals surface area contributed by atoms with Crippen LogP contribution in [0.1, 0.15) is 58.6 Å². The van der Waals surface area contributed by atoms with E-state index in [1.807, 2.05) is 26.1 Å². The van der Waals surface area contributed by atoms with E-state index in [1.54, 1.807) is 18.3 Å². The molecule has 0 radical (unpaired) electrons. The molecule has 3 heterocycles. The van der Waals surface area contributed by atoms with Gasteiger partial charge in [0.15, 0.2) is 11.6 Å². The summed E-state index contributed by atoms with van der Waals surface area (Å²) in [6, 6.07) is 7.70. The SMILES string of the molecule is CCCN(CCC1CCC1)Cc1cnc(-c2cc3nccc(Oc4ccc(NC(=O)NC(C)C)cc4F)c3s2)n1C. The fraction of sp³-hybridized carbons (Fsp3) is 0.452. The molecule has 0 saturated heterocycles. The number of rotatable bonds is 12. The van der Waals surface area contributed by atoms with E-state index < -0.39 is 5.82 Å². The number of amides is 2. The second-order valence-electron chi connectivity index (χ2n) is 11.1. The van der Waals surface area contributed by atoms with E-state index in [0.717, 1.165) is 52.9 Å². The lowest BCUT2D eigenvalue weighted by Gasteiger charge is -2.29. The Labute approximate surface area is 244 Å². The highest BCUT2D eigenvalue weighted by Crippen LogP contribution is 2.39. The number of aromatic nitrogens is 3. The Morgan fingerprint density at radius 3 is 2.73 bits per heavy atom. The number of pyridine rings is 1. The predicted octanol–water partition coefficient (Wildman–Crippen LogP) is 7.56. The van der Waals surface area contributed by atoms with Gasteiger partial charge in [-0.05, 0) is 63.9 Å². The van der Waals surface area contributed by atoms with Gasteiger partial charge < -0.3 is 19.9 Å². The number of imidazole rings is 1. The smallest absolute Gasteiger partial charge is 0.319 e. The van der Waals surface area contributed by atoms with Crippen LogP contribution in [0.5, 0.6) is 11.5 Å². The molecule has 218 valence electrons. The van der Waals surface area contributed by atoms with Crippen LogP contribution in [0.3, 0.4) is 0 Å². The zero-order chi connectivity index (χ0) is 28.9. The number of anilines is 1. The topological polar surface area (TPSA) is 84.3 Å². The van der Waals surface area contributed by atoms with Crippen molar-refractivity contribution in [3.63, 3.8) is 0 Å². The van der Waals surface area contributed by atoms with Gasteiger partial charge in [0.1, 0.15) is 11.6 Å². The van der Waals surface area contributed by atoms with Crippen LogP contribution in [0.4, 0.5) is 14.9 Å². The van der Waals surface area contributed by atoms with Crippen molar-refractivity contribution in [3.05, 3.63) is 54.2 Å². The van der Waals surface area contributed by atoms with Gasteiger partial charge in [0.2, 0.25) is 0 Å². The molecule has 5 rings (SSSR count). The van der Waals surface area contributed by atoms with Crippen LogP contribution < -0.4 is 15.4 Å². The van der Waals surface area contributed by atoms with Crippen LogP contribution in [0, 0.1) is 11.7 Å². The summed E-state index contributed by atoms with van der Waals surface area (Å²) in [6.45, 7) is 9.04. The van der Waals surface area contributed by atoms with Crippen LogP contribution in [0.15, 0.2) is 42.7 Å². The average molecular weight is 579 g/mol. The van der Waals surface area contributed by atoms with Crippen LogP contribution in [-0.2, 0) is 13.6 Å². The maximum absolute atomic E-state index is 14.9. The molecule has 10 heteroatoms. The highest BCUT2D eigenvalue weighted by atomic mass is 32.1. The van der Waals surface area contributed by atoms with Gasteiger partial charge in [-0.15, -0.1) is 11.3 Å². The minimum Gasteiger partial charge on any atom is -0.453 e. The summed E-state index contributed by atoms with van der Waals surface area (Å²) in [5.74, 6) is 1.79. The van der Waals surface area contributed by atoms with E-state index in [0.29, 0.717) is 11.4 Å². The molecule has 0 spiro atoms. The van der Waals surface area contributed by atoms with Crippen molar-refractivity contribution in [3.8, 4) is 22.2 Å². The van der Waals surface area contributed by atoms with Crippen molar-refractivity contribution >= 4 is 33.3 Å². The van der Waals surface area contributed by atoms with E-state index >= 15 is 0 Å². The first kappa shape index (κ1) is 29.0. The second kappa shape index (κ2) is 13.0. The Hall–Kier alpha value is -3.50. The molecule has 0 atom stereocenters. The molecule has 0 unspecified atom stereocenters. The molecule has 4 aromatic rings. The van der Waals surface area contributed by atoms with Gasteiger partial charge in [-0.1, -0.05) is 26.2 Å². The van der Waals surface area contributed by atoms with E-state index in [2.05, 4.69) is 39.1 Å². The zero-order valence-corrected chi connectivity index (χ0v) is 25.1. The van der Waals surface area contributed by atoms with Crippen molar-refractivity contribution < 1.29 is 13.9 Å². The summed E-state index contributed by atoms with van der Waals surface area (Å²) in [6.07, 6.45) is 10.2. The van der Waals surface area contributed by atoms with Gasteiger partial charge in [-0.2, -0.15) is 0 Å². The van der Waals surface area contributed by atoms with Gasteiger partial charge >= 0.3 is 6.03 Å². The number of urea groups is 1. The Bertz CT molecular complexity index is 1500. The van der Waals surface area contributed by atoms with Gasteiger partial charge in [-0.25, -0.2) is 14.2 Å². The fourth-order valence-corrected chi connectivity index (χ4v) is 6.19. The Morgan fingerprint density at radius 2 is 2.02 bits per heavy atom. The largest absolute Gasteiger partial charge is 0.453 e. The third-order valence-electron chi connectivity index (χ3n) is 7.51. The van der Waals surface area contributed by atoms with Gasteiger partial charge in [0.25, 0.3) is 0 Å². The van der Waals surface area contributed by atoms with E-state index in [-0.39, 0.29) is 17.8 Å². The molecule has 1 aliphatic carbocycles. The zero-order valence-electron chi connectivity index (χ0n) is 24.2. The van der Waals surface area contributed by atoms with Crippen LogP contribution in [-0.4, -0.2) is 44.6 Å². The third-order valence-corrected chi connectivity index (χ3v) is 8.65. The maximum atomic E-state index is 14.9. The van der Waals surface area contributed by atoms with Crippen LogP contribution in [0.2, 0.25) is 0 Å². The van der Waals surface area contributed by atoms with E-state index in [4.69, 9.17) is 9.72 Å². The molecule has 0 bridgehead atoms. The maximum Gasteiger partial charge on any atom is 0.319 e. The molecule has 1 aliphatic rings. The van der Waals surface area contributed by atoms with Gasteiger partial charge in [0.05, 0.1) is 27.0 Å². The Kier molecular flexibility index (Phi) is 9.19. The number of carbonyl (C=O) groups excluding carboxylic acids is 1. The number of halogens is 1. The normalized spacial score (nSPS) is 13.6. The van der Waals surface area contributed by atoms with Gasteiger partial charge in [-0.3, -0.25) is 9.88 Å². The molecule has 1 aromatic carbocycles. The average Bonchev–Trinajstić information content (AvgIpc) is 3.48. The highest BCUT2D eigenvalue weighted by molar-refractivity contribution is 7.22. The lowest BCUT2D eigenvalue weighted by atomic mass is 9.83. The summed E-state index contributed by atoms with van der Waals surface area (Å²) in [5.41, 5.74) is 2.29. The number of benzene rings is 1. The standard InChI is InChI=1S/C31H39FN6O2S/c1-5-14-38(15-12-21-7-6-8-21)19-23-18-34-30(37(23)4)28-17-25-29(41-28)27(11-13-33-25)40-26-10-9-22(16-24(26)32)36-31(39)35-20(2)3/h9-11,13,16-18,20-21H,5-8,12,14-15,19H2,1-4H3,(H2,35,36,39). The number of nitrogens with one attached hydrogen (secondary N) is 2. The Morgan fingerprint density at radius 1 is 1.20 bits per heavy atom. The molecule has 3 aromatic heterocycles. The number of fused-ring (bicyclic) bond motifs is 1. The van der Waals surface area contributed by atoms with Crippen molar-refractivity contribution in [1.82, 2.24) is 24.8 Å². The summed E-state index contributed by atoms with van der Waals surface area (Å²) >= 11 is 1.53. The minimum absolute atomic E-state index is 0.0260. The van der Waals surface area contributed by atoms with Crippen LogP contribution in [0.25, 0.3) is 20.9 Å². The monoisotopic (exact) mass is 578 g/mol. The molecule has 1 saturated carbocycles. The summed E-state index contributed by atoms with van der Waals surface area (Å²) in [7, 11) is 2.06. The molecular formula is C31H39FN6O2S. The predicted molar refractivity (Wildman–Crippen MR) is 163 cm³/mol. The second-order valence-corrected chi connectivity index (χ2v) is 12.2. The first-order chi connectivity index (χ1) is 19.8. The van der Waals surface area contributed by atoms with E-state index in [9.17, 15) is 9.18 Å². The molecule has 1 fully saturated rings. The number of carbonyl (C=O) groups is 1. The van der Waals surface area contributed by atoms with Crippen molar-refractivity contribution in [2.75, 3.05) is 18.4 Å². The van der Waals surface area contributed by atoms with Gasteiger partial charge in [0, 0.05) is 43.7 Å². The molecular weight excluding hydrogens is 539 g/mol. The first-order valence-electron chi connectivity index (χ1n) is 14.5. The third kappa shape index (κ3) is 7.05. The lowest BCUT2D eigenvalue weighted by molar-refractivity contribution is 0.205. The number of ether oxygens (including phenoxy) is 1. The number of hydrogen-bond acceptors (Lipinski definition) is 6. The number of thiophene rings is 1. The minimum atomic E-state index is -0.572. The Balaban J connectivity index is 1.31. The lowest BCUT2D eigenvalue weighted by Crippen LogP contribution is -2.34. The molecule has 8 nitrogen and oxygen atoms in total. The number of nitrogens with zero attached hydrogens (tertiary/aromatic N) is 4. The number of hydrogen-bond donors (Lipinski definition) is 2. The molecule has 41 heavy (non-hydrogen) atoms. The highest BCUT2D eigenvalue weighted by Gasteiger charge is 2.20. The van der Waals surface area contributed by atoms with Crippen molar-refractivity contribution in [2.24, 2.45) is 13.0 Å². The first-order valence-corrected chi connectivity index (χ1v) is 15.3. The van der Waals surface area contributed by atoms with E-state index in [1.165, 1.54) is 54.8 Å².